The quantitative estimate of drug-likeness (QED) is 0.542. The zero-order chi connectivity index (χ0) is 25.6. The average Bonchev–Trinajstić information content (AvgIpc) is 3.46. The number of hydrogen-bond donors (Lipinski definition) is 1. The van der Waals surface area contributed by atoms with E-state index < -0.39 is 29.8 Å². The molecule has 5 heterocycles. The molecule has 1 saturated heterocycles. The van der Waals surface area contributed by atoms with E-state index in [1.165, 1.54) is 16.2 Å². The Morgan fingerprint density at radius 3 is 2.72 bits per heavy atom. The highest BCUT2D eigenvalue weighted by Gasteiger charge is 2.40. The van der Waals surface area contributed by atoms with E-state index in [0.717, 1.165) is 27.7 Å². The van der Waals surface area contributed by atoms with Crippen LogP contribution in [0.25, 0.3) is 10.2 Å². The fraction of sp³-hybridized carbons (Fsp3) is 0.545. The highest BCUT2D eigenvalue weighted by atomic mass is 32.1. The lowest BCUT2D eigenvalue weighted by molar-refractivity contribution is -0.147. The number of amides is 1. The fourth-order valence-electron chi connectivity index (χ4n) is 4.72. The Morgan fingerprint density at radius 2 is 2.00 bits per heavy atom. The van der Waals surface area contributed by atoms with Gasteiger partial charge in [-0.05, 0) is 25.3 Å². The van der Waals surface area contributed by atoms with Crippen LogP contribution < -0.4 is 4.90 Å². The molecule has 0 saturated carbocycles. The Hall–Kier alpha value is -3.29. The monoisotopic (exact) mass is 523 g/mol. The molecule has 3 aromatic rings. The second-order valence-electron chi connectivity index (χ2n) is 8.99. The Bertz CT molecular complexity index is 1320. The third kappa shape index (κ3) is 4.49. The number of thiophene rings is 1. The minimum absolute atomic E-state index is 0.0182. The molecule has 36 heavy (non-hydrogen) atoms. The topological polar surface area (TPSA) is 117 Å². The Morgan fingerprint density at radius 1 is 1.19 bits per heavy atom. The first-order valence-electron chi connectivity index (χ1n) is 11.7. The Labute approximate surface area is 207 Å². The number of aryl methyl sites for hydroxylation is 1. The van der Waals surface area contributed by atoms with Crippen LogP contribution in [0.4, 0.5) is 19.0 Å². The van der Waals surface area contributed by atoms with Crippen LogP contribution >= 0.6 is 11.3 Å². The van der Waals surface area contributed by atoms with Crippen molar-refractivity contribution in [2.45, 2.75) is 51.9 Å². The average molecular weight is 524 g/mol. The first kappa shape index (κ1) is 24.4. The summed E-state index contributed by atoms with van der Waals surface area (Å²) in [6.07, 6.45) is -1.79. The number of carboxylic acids is 1. The summed E-state index contributed by atoms with van der Waals surface area (Å²) in [6, 6.07) is 1.97. The molecule has 3 aromatic heterocycles. The summed E-state index contributed by atoms with van der Waals surface area (Å²) in [7, 11) is 0. The summed E-state index contributed by atoms with van der Waals surface area (Å²) in [5.74, 6) is -2.48. The number of nitrogens with zero attached hydrogens (tertiary/aromatic N) is 7. The second kappa shape index (κ2) is 9.30. The Kier molecular flexibility index (Phi) is 6.30. The van der Waals surface area contributed by atoms with Crippen LogP contribution in [0.1, 0.15) is 53.3 Å². The van der Waals surface area contributed by atoms with Crippen molar-refractivity contribution in [1.82, 2.24) is 29.6 Å². The maximum atomic E-state index is 13.3. The number of likely N-dealkylation sites (tertiary alicyclic amines) is 1. The molecule has 0 bridgehead atoms. The highest BCUT2D eigenvalue weighted by molar-refractivity contribution is 7.18. The molecule has 5 rings (SSSR count). The second-order valence-corrected chi connectivity index (χ2v) is 10.1. The molecule has 192 valence electrons. The van der Waals surface area contributed by atoms with Gasteiger partial charge in [0.1, 0.15) is 10.6 Å². The van der Waals surface area contributed by atoms with Gasteiger partial charge in [0.15, 0.2) is 5.82 Å². The van der Waals surface area contributed by atoms with E-state index in [4.69, 9.17) is 0 Å². The van der Waals surface area contributed by atoms with Crippen LogP contribution in [0.3, 0.4) is 0 Å². The Balaban J connectivity index is 1.51. The molecular weight excluding hydrogens is 499 g/mol. The van der Waals surface area contributed by atoms with E-state index in [-0.39, 0.29) is 37.8 Å². The van der Waals surface area contributed by atoms with Crippen LogP contribution in [0.2, 0.25) is 0 Å². The molecule has 1 amide bonds. The number of aromatic nitrogens is 5. The molecular formula is C22H24F3N7O3S. The van der Waals surface area contributed by atoms with E-state index in [2.05, 4.69) is 27.1 Å². The van der Waals surface area contributed by atoms with Crippen LogP contribution in [0.5, 0.6) is 0 Å². The molecule has 14 heteroatoms. The number of halogens is 3. The van der Waals surface area contributed by atoms with E-state index in [9.17, 15) is 27.9 Å². The minimum atomic E-state index is -4.60. The van der Waals surface area contributed by atoms with Crippen LogP contribution in [-0.2, 0) is 30.5 Å². The van der Waals surface area contributed by atoms with Gasteiger partial charge in [-0.3, -0.25) is 9.59 Å². The number of carbonyl (C=O) groups excluding carboxylic acids is 1. The summed E-state index contributed by atoms with van der Waals surface area (Å²) >= 11 is 1.45. The number of hydrogen-bond acceptors (Lipinski definition) is 8. The minimum Gasteiger partial charge on any atom is -0.481 e. The highest BCUT2D eigenvalue weighted by Crippen LogP contribution is 2.35. The normalized spacial score (nSPS) is 18.5. The van der Waals surface area contributed by atoms with Crippen molar-refractivity contribution in [2.24, 2.45) is 5.92 Å². The zero-order valence-electron chi connectivity index (χ0n) is 19.5. The number of anilines is 1. The summed E-state index contributed by atoms with van der Waals surface area (Å²) in [6.45, 7) is 2.84. The molecule has 1 N–H and O–H groups in total. The number of fused-ring (bicyclic) bond motifs is 2. The van der Waals surface area contributed by atoms with Gasteiger partial charge >= 0.3 is 12.1 Å². The van der Waals surface area contributed by atoms with Gasteiger partial charge < -0.3 is 19.5 Å². The number of alkyl halides is 3. The maximum absolute atomic E-state index is 13.3. The third-order valence-electron chi connectivity index (χ3n) is 6.48. The fourth-order valence-corrected chi connectivity index (χ4v) is 5.84. The summed E-state index contributed by atoms with van der Waals surface area (Å²) in [5.41, 5.74) is 0. The molecule has 1 unspecified atom stereocenters. The lowest BCUT2D eigenvalue weighted by Crippen LogP contribution is -2.43. The van der Waals surface area contributed by atoms with Gasteiger partial charge in [0.05, 0.1) is 17.8 Å². The first-order valence-corrected chi connectivity index (χ1v) is 12.5. The maximum Gasteiger partial charge on any atom is 0.451 e. The van der Waals surface area contributed by atoms with Gasteiger partial charge in [-0.15, -0.1) is 21.5 Å². The number of aliphatic carboxylic acids is 1. The lowest BCUT2D eigenvalue weighted by atomic mass is 9.98. The van der Waals surface area contributed by atoms with E-state index in [1.807, 2.05) is 6.07 Å². The summed E-state index contributed by atoms with van der Waals surface area (Å²) in [4.78, 5) is 38.8. The third-order valence-corrected chi connectivity index (χ3v) is 7.56. The number of rotatable bonds is 5. The van der Waals surface area contributed by atoms with Crippen molar-refractivity contribution >= 4 is 39.2 Å². The van der Waals surface area contributed by atoms with Gasteiger partial charge in [0.25, 0.3) is 5.91 Å². The molecule has 0 radical (unpaired) electrons. The van der Waals surface area contributed by atoms with E-state index >= 15 is 0 Å². The summed E-state index contributed by atoms with van der Waals surface area (Å²) < 4.78 is 40.9. The van der Waals surface area contributed by atoms with Crippen molar-refractivity contribution in [3.05, 3.63) is 28.4 Å². The van der Waals surface area contributed by atoms with Crippen molar-refractivity contribution in [1.29, 1.82) is 0 Å². The SMILES string of the molecule is CCCc1cc2c(N3CCn4c(nnc4C(F)(F)F)C3)nc(C(=O)N3CCCC(C(=O)O)C3)nc2s1. The van der Waals surface area contributed by atoms with Gasteiger partial charge in [-0.25, -0.2) is 9.97 Å². The first-order chi connectivity index (χ1) is 17.2. The van der Waals surface area contributed by atoms with Crippen LogP contribution in [0.15, 0.2) is 6.07 Å². The molecule has 2 aliphatic rings. The van der Waals surface area contributed by atoms with Gasteiger partial charge in [0.2, 0.25) is 11.6 Å². The summed E-state index contributed by atoms with van der Waals surface area (Å²) in [5, 5.41) is 17.2. The van der Waals surface area contributed by atoms with Gasteiger partial charge in [0, 0.05) is 31.1 Å². The standard InChI is InChI=1S/C22H24F3N7O3S/c1-2-4-13-9-14-17(30-7-8-32-15(11-30)28-29-21(32)22(23,24)25)26-16(27-18(14)36-13)19(33)31-6-3-5-12(10-31)20(34)35/h9,12H,2-8,10-11H2,1H3,(H,34,35). The van der Waals surface area contributed by atoms with Crippen molar-refractivity contribution in [3.63, 3.8) is 0 Å². The molecule has 0 aromatic carbocycles. The molecule has 1 fully saturated rings. The number of carboxylic acid groups (broad SMARTS) is 1. The van der Waals surface area contributed by atoms with Crippen molar-refractivity contribution in [2.75, 3.05) is 24.5 Å². The number of carbonyl (C=O) groups is 2. The van der Waals surface area contributed by atoms with Crippen molar-refractivity contribution in [3.8, 4) is 0 Å². The number of piperidine rings is 1. The molecule has 10 nitrogen and oxygen atoms in total. The van der Waals surface area contributed by atoms with E-state index in [1.54, 1.807) is 4.90 Å². The van der Waals surface area contributed by atoms with E-state index in [0.29, 0.717) is 30.0 Å². The van der Waals surface area contributed by atoms with Crippen LogP contribution in [-0.4, -0.2) is 66.2 Å². The van der Waals surface area contributed by atoms with Gasteiger partial charge in [-0.2, -0.15) is 13.2 Å². The predicted octanol–water partition coefficient (Wildman–Crippen LogP) is 3.21. The molecule has 2 aliphatic heterocycles. The predicted molar refractivity (Wildman–Crippen MR) is 124 cm³/mol. The largest absolute Gasteiger partial charge is 0.481 e. The molecule has 0 aliphatic carbocycles. The van der Waals surface area contributed by atoms with Crippen molar-refractivity contribution < 1.29 is 27.9 Å². The molecule has 0 spiro atoms. The smallest absolute Gasteiger partial charge is 0.451 e. The van der Waals surface area contributed by atoms with Gasteiger partial charge in [-0.1, -0.05) is 13.3 Å². The van der Waals surface area contributed by atoms with Crippen LogP contribution in [0, 0.1) is 5.92 Å². The lowest BCUT2D eigenvalue weighted by Gasteiger charge is -2.31. The zero-order valence-corrected chi connectivity index (χ0v) is 20.3. The molecule has 1 atom stereocenters.